The van der Waals surface area contributed by atoms with Crippen LogP contribution in [0.25, 0.3) is 11.1 Å². The molecule has 0 atom stereocenters. The summed E-state index contributed by atoms with van der Waals surface area (Å²) in [6, 6.07) is 22.9. The number of carbonyl (C=O) groups excluding carboxylic acids is 2. The standard InChI is InChI=1S/C35H41ClN2O5/c1-7-29(25-12-9-8-10-13-25)33(30-20-17-27(39)24-31(30)36)26-15-18-28(19-16-26)42-23-22-38(34(41)43-35(2,3)4)21-11-14-32(40)37(5)6/h8-20,24,39H,7,21-23H2,1-6H3/b14-11+,33-29+. The van der Waals surface area contributed by atoms with Crippen molar-refractivity contribution in [3.8, 4) is 11.5 Å². The van der Waals surface area contributed by atoms with Crippen LogP contribution in [0.3, 0.4) is 0 Å². The van der Waals surface area contributed by atoms with Gasteiger partial charge in [0.1, 0.15) is 23.7 Å². The third kappa shape index (κ3) is 9.93. The van der Waals surface area contributed by atoms with Crippen molar-refractivity contribution < 1.29 is 24.2 Å². The summed E-state index contributed by atoms with van der Waals surface area (Å²) in [5.74, 6) is 0.580. The van der Waals surface area contributed by atoms with Gasteiger partial charge in [0.15, 0.2) is 0 Å². The molecule has 8 heteroatoms. The van der Waals surface area contributed by atoms with Crippen molar-refractivity contribution in [3.63, 3.8) is 0 Å². The lowest BCUT2D eigenvalue weighted by molar-refractivity contribution is -0.123. The maximum Gasteiger partial charge on any atom is 0.410 e. The Morgan fingerprint density at radius 1 is 0.953 bits per heavy atom. The van der Waals surface area contributed by atoms with Gasteiger partial charge in [-0.25, -0.2) is 4.79 Å². The second-order valence-electron chi connectivity index (χ2n) is 11.2. The number of amides is 2. The number of rotatable bonds is 11. The zero-order valence-corrected chi connectivity index (χ0v) is 26.5. The SMILES string of the molecule is CC/C(=C(/c1ccc(OCCN(C/C=C/C(=O)N(C)C)C(=O)OC(C)(C)C)cc1)c1ccc(O)cc1Cl)c1ccccc1. The number of nitrogens with zero attached hydrogens (tertiary/aromatic N) is 2. The number of allylic oxidation sites excluding steroid dienone is 1. The third-order valence-electron chi connectivity index (χ3n) is 6.45. The molecule has 3 aromatic rings. The molecule has 0 fully saturated rings. The number of likely N-dealkylation sites (N-methyl/N-ethyl adjacent to an activating group) is 1. The van der Waals surface area contributed by atoms with Gasteiger partial charge in [-0.2, -0.15) is 0 Å². The van der Waals surface area contributed by atoms with Crippen LogP contribution in [0.2, 0.25) is 5.02 Å². The third-order valence-corrected chi connectivity index (χ3v) is 6.76. The summed E-state index contributed by atoms with van der Waals surface area (Å²) < 4.78 is 11.6. The minimum absolute atomic E-state index is 0.106. The second-order valence-corrected chi connectivity index (χ2v) is 11.6. The van der Waals surface area contributed by atoms with Crippen molar-refractivity contribution in [2.45, 2.75) is 39.7 Å². The van der Waals surface area contributed by atoms with E-state index in [1.807, 2.05) is 69.3 Å². The summed E-state index contributed by atoms with van der Waals surface area (Å²) in [5.41, 5.74) is 4.30. The van der Waals surface area contributed by atoms with Crippen molar-refractivity contribution in [1.82, 2.24) is 9.80 Å². The molecule has 1 N–H and O–H groups in total. The lowest BCUT2D eigenvalue weighted by Crippen LogP contribution is -2.39. The van der Waals surface area contributed by atoms with E-state index in [4.69, 9.17) is 21.1 Å². The number of carbonyl (C=O) groups is 2. The summed E-state index contributed by atoms with van der Waals surface area (Å²) in [5, 5.41) is 10.4. The first-order chi connectivity index (χ1) is 20.4. The Morgan fingerprint density at radius 2 is 1.63 bits per heavy atom. The van der Waals surface area contributed by atoms with Gasteiger partial charge in [0.05, 0.1) is 11.6 Å². The van der Waals surface area contributed by atoms with E-state index >= 15 is 0 Å². The number of hydrogen-bond donors (Lipinski definition) is 1. The summed E-state index contributed by atoms with van der Waals surface area (Å²) >= 11 is 6.64. The van der Waals surface area contributed by atoms with E-state index in [1.165, 1.54) is 15.9 Å². The monoisotopic (exact) mass is 604 g/mol. The van der Waals surface area contributed by atoms with E-state index in [1.54, 1.807) is 32.3 Å². The van der Waals surface area contributed by atoms with Crippen LogP contribution in [0.1, 0.15) is 50.8 Å². The van der Waals surface area contributed by atoms with E-state index in [9.17, 15) is 14.7 Å². The Balaban J connectivity index is 1.83. The van der Waals surface area contributed by atoms with Crippen molar-refractivity contribution in [2.75, 3.05) is 33.8 Å². The molecule has 0 radical (unpaired) electrons. The molecule has 0 bridgehead atoms. The zero-order valence-electron chi connectivity index (χ0n) is 25.8. The van der Waals surface area contributed by atoms with Crippen LogP contribution in [0.15, 0.2) is 84.9 Å². The molecule has 0 unspecified atom stereocenters. The molecule has 0 aromatic heterocycles. The maximum absolute atomic E-state index is 12.8. The predicted octanol–water partition coefficient (Wildman–Crippen LogP) is 7.68. The molecule has 0 spiro atoms. The predicted molar refractivity (Wildman–Crippen MR) is 173 cm³/mol. The van der Waals surface area contributed by atoms with Crippen LogP contribution in [0, 0.1) is 0 Å². The van der Waals surface area contributed by atoms with Crippen LogP contribution < -0.4 is 4.74 Å². The topological polar surface area (TPSA) is 79.3 Å². The highest BCUT2D eigenvalue weighted by Crippen LogP contribution is 2.39. The Kier molecular flexibility index (Phi) is 11.8. The molecular formula is C35H41ClN2O5. The van der Waals surface area contributed by atoms with Gasteiger partial charge in [-0.3, -0.25) is 4.79 Å². The minimum Gasteiger partial charge on any atom is -0.508 e. The number of aromatic hydroxyl groups is 1. The normalized spacial score (nSPS) is 12.1. The fraction of sp³-hybridized carbons (Fsp3) is 0.314. The van der Waals surface area contributed by atoms with Crippen molar-refractivity contribution in [3.05, 3.63) is 107 Å². The summed E-state index contributed by atoms with van der Waals surface area (Å²) in [4.78, 5) is 27.7. The molecule has 228 valence electrons. The van der Waals surface area contributed by atoms with Gasteiger partial charge in [0.25, 0.3) is 0 Å². The van der Waals surface area contributed by atoms with Gasteiger partial charge in [-0.05, 0) is 79.8 Å². The van der Waals surface area contributed by atoms with Crippen molar-refractivity contribution in [2.24, 2.45) is 0 Å². The Bertz CT molecular complexity index is 1440. The van der Waals surface area contributed by atoms with Crippen LogP contribution in [0.5, 0.6) is 11.5 Å². The molecule has 43 heavy (non-hydrogen) atoms. The van der Waals surface area contributed by atoms with Gasteiger partial charge in [0, 0.05) is 32.3 Å². The highest BCUT2D eigenvalue weighted by Gasteiger charge is 2.22. The number of benzene rings is 3. The second kappa shape index (κ2) is 15.3. The number of ether oxygens (including phenoxy) is 2. The molecule has 3 rings (SSSR count). The molecular weight excluding hydrogens is 564 g/mol. The Labute approximate surface area is 260 Å². The Morgan fingerprint density at radius 3 is 2.21 bits per heavy atom. The van der Waals surface area contributed by atoms with Crippen LogP contribution in [0.4, 0.5) is 4.79 Å². The van der Waals surface area contributed by atoms with Gasteiger partial charge < -0.3 is 24.4 Å². The van der Waals surface area contributed by atoms with Crippen molar-refractivity contribution >= 4 is 34.7 Å². The summed E-state index contributed by atoms with van der Waals surface area (Å²) in [6.07, 6.45) is 3.36. The van der Waals surface area contributed by atoms with Gasteiger partial charge in [-0.1, -0.05) is 67.1 Å². The molecule has 0 heterocycles. The highest BCUT2D eigenvalue weighted by atomic mass is 35.5. The number of phenolic OH excluding ortho intramolecular Hbond substituents is 1. The van der Waals surface area contributed by atoms with E-state index in [0.717, 1.165) is 34.3 Å². The molecule has 0 aliphatic carbocycles. The van der Waals surface area contributed by atoms with Gasteiger partial charge in [0.2, 0.25) is 5.91 Å². The average Bonchev–Trinajstić information content (AvgIpc) is 2.95. The van der Waals surface area contributed by atoms with Crippen LogP contribution >= 0.6 is 11.6 Å². The van der Waals surface area contributed by atoms with E-state index in [0.29, 0.717) is 10.8 Å². The lowest BCUT2D eigenvalue weighted by Gasteiger charge is -2.26. The fourth-order valence-corrected chi connectivity index (χ4v) is 4.64. The number of phenols is 1. The first-order valence-electron chi connectivity index (χ1n) is 14.3. The molecule has 0 aliphatic heterocycles. The number of halogens is 1. The largest absolute Gasteiger partial charge is 0.508 e. The van der Waals surface area contributed by atoms with Crippen LogP contribution in [-0.2, 0) is 9.53 Å². The quantitative estimate of drug-likeness (QED) is 0.179. The fourth-order valence-electron chi connectivity index (χ4n) is 4.37. The van der Waals surface area contributed by atoms with E-state index < -0.39 is 11.7 Å². The first-order valence-corrected chi connectivity index (χ1v) is 14.6. The summed E-state index contributed by atoms with van der Waals surface area (Å²) in [6.45, 7) is 8.23. The van der Waals surface area contributed by atoms with Crippen molar-refractivity contribution in [1.29, 1.82) is 0 Å². The molecule has 0 aliphatic rings. The van der Waals surface area contributed by atoms with E-state index in [2.05, 4.69) is 19.1 Å². The summed E-state index contributed by atoms with van der Waals surface area (Å²) in [7, 11) is 3.33. The van der Waals surface area contributed by atoms with Crippen LogP contribution in [-0.4, -0.2) is 66.3 Å². The van der Waals surface area contributed by atoms with Gasteiger partial charge in [-0.15, -0.1) is 0 Å². The minimum atomic E-state index is -0.655. The average molecular weight is 605 g/mol. The molecule has 2 amide bonds. The smallest absolute Gasteiger partial charge is 0.410 e. The van der Waals surface area contributed by atoms with Gasteiger partial charge >= 0.3 is 6.09 Å². The lowest BCUT2D eigenvalue weighted by atomic mass is 9.88. The highest BCUT2D eigenvalue weighted by molar-refractivity contribution is 6.33. The zero-order chi connectivity index (χ0) is 31.6. The molecule has 0 saturated heterocycles. The number of hydrogen-bond acceptors (Lipinski definition) is 5. The maximum atomic E-state index is 12.8. The Hall–Kier alpha value is -4.23. The molecule has 0 saturated carbocycles. The first kappa shape index (κ1) is 33.3. The van der Waals surface area contributed by atoms with E-state index in [-0.39, 0.29) is 31.4 Å². The molecule has 3 aromatic carbocycles. The molecule has 7 nitrogen and oxygen atoms in total.